The second-order valence-electron chi connectivity index (χ2n) is 5.31. The quantitative estimate of drug-likeness (QED) is 0.522. The Morgan fingerprint density at radius 3 is 2.39 bits per heavy atom. The van der Waals surface area contributed by atoms with Gasteiger partial charge in [0, 0.05) is 34.6 Å². The first-order valence-corrected chi connectivity index (χ1v) is 7.44. The van der Waals surface area contributed by atoms with Gasteiger partial charge >= 0.3 is 0 Å². The zero-order chi connectivity index (χ0) is 15.6. The van der Waals surface area contributed by atoms with Crippen LogP contribution in [0.3, 0.4) is 0 Å². The molecule has 0 aliphatic heterocycles. The fraction of sp³-hybridized carbons (Fsp3) is 0. The molecule has 0 aliphatic rings. The van der Waals surface area contributed by atoms with Crippen molar-refractivity contribution >= 4 is 17.2 Å². The van der Waals surface area contributed by atoms with Crippen LogP contribution in [0.4, 0.5) is 0 Å². The Morgan fingerprint density at radius 2 is 1.65 bits per heavy atom. The van der Waals surface area contributed by atoms with Crippen molar-refractivity contribution in [3.05, 3.63) is 84.7 Å². The number of para-hydroxylation sites is 2. The van der Waals surface area contributed by atoms with E-state index in [-0.39, 0.29) is 0 Å². The van der Waals surface area contributed by atoms with Crippen LogP contribution in [-0.2, 0) is 0 Å². The molecule has 23 heavy (non-hydrogen) atoms. The van der Waals surface area contributed by atoms with Crippen LogP contribution < -0.4 is 0 Å². The van der Waals surface area contributed by atoms with Crippen molar-refractivity contribution in [2.24, 2.45) is 0 Å². The van der Waals surface area contributed by atoms with Gasteiger partial charge in [-0.1, -0.05) is 36.4 Å². The predicted octanol–water partition coefficient (Wildman–Crippen LogP) is 4.51. The van der Waals surface area contributed by atoms with Crippen LogP contribution >= 0.6 is 0 Å². The van der Waals surface area contributed by atoms with Crippen molar-refractivity contribution in [3.8, 4) is 16.9 Å². The van der Waals surface area contributed by atoms with E-state index in [1.807, 2.05) is 66.7 Å². The first-order valence-electron chi connectivity index (χ1n) is 7.44. The van der Waals surface area contributed by atoms with Crippen LogP contribution in [0.15, 0.2) is 79.1 Å². The van der Waals surface area contributed by atoms with Gasteiger partial charge in [-0.3, -0.25) is 9.78 Å². The maximum Gasteiger partial charge on any atom is 0.152 e. The van der Waals surface area contributed by atoms with Crippen LogP contribution in [0.1, 0.15) is 10.4 Å². The number of carbonyl (C=O) groups is 1. The zero-order valence-corrected chi connectivity index (χ0v) is 12.4. The van der Waals surface area contributed by atoms with Gasteiger partial charge in [0.2, 0.25) is 0 Å². The summed E-state index contributed by atoms with van der Waals surface area (Å²) in [5.74, 6) is 0. The monoisotopic (exact) mass is 298 g/mol. The van der Waals surface area contributed by atoms with Crippen LogP contribution in [0.5, 0.6) is 0 Å². The molecule has 110 valence electrons. The molecule has 0 N–H and O–H groups in total. The summed E-state index contributed by atoms with van der Waals surface area (Å²) in [4.78, 5) is 16.0. The molecule has 2 aromatic carbocycles. The van der Waals surface area contributed by atoms with Crippen molar-refractivity contribution in [2.45, 2.75) is 0 Å². The van der Waals surface area contributed by atoms with Gasteiger partial charge in [-0.25, -0.2) is 0 Å². The molecule has 0 atom stereocenters. The predicted molar refractivity (Wildman–Crippen MR) is 91.9 cm³/mol. The highest BCUT2D eigenvalue weighted by Gasteiger charge is 2.18. The highest BCUT2D eigenvalue weighted by molar-refractivity contribution is 6.05. The number of rotatable bonds is 3. The van der Waals surface area contributed by atoms with E-state index in [1.54, 1.807) is 12.4 Å². The summed E-state index contributed by atoms with van der Waals surface area (Å²) >= 11 is 0. The van der Waals surface area contributed by atoms with Gasteiger partial charge in [0.15, 0.2) is 6.29 Å². The molecule has 0 fully saturated rings. The highest BCUT2D eigenvalue weighted by atomic mass is 16.1. The minimum atomic E-state index is 0.692. The molecule has 0 amide bonds. The number of hydrogen-bond acceptors (Lipinski definition) is 2. The normalized spacial score (nSPS) is 10.8. The number of aromatic nitrogens is 2. The molecule has 3 heteroatoms. The van der Waals surface area contributed by atoms with E-state index in [0.717, 1.165) is 34.1 Å². The fourth-order valence-electron chi connectivity index (χ4n) is 3.02. The average molecular weight is 298 g/mol. The molecular formula is C20H14N2O. The molecule has 0 bridgehead atoms. The number of carbonyl (C=O) groups excluding carboxylic acids is 1. The molecular weight excluding hydrogens is 284 g/mol. The smallest absolute Gasteiger partial charge is 0.152 e. The van der Waals surface area contributed by atoms with Gasteiger partial charge in [-0.2, -0.15) is 0 Å². The number of pyridine rings is 1. The van der Waals surface area contributed by atoms with Crippen LogP contribution in [0, 0.1) is 0 Å². The first kappa shape index (κ1) is 13.5. The zero-order valence-electron chi connectivity index (χ0n) is 12.4. The molecule has 0 aliphatic carbocycles. The molecule has 0 saturated carbocycles. The lowest BCUT2D eigenvalue weighted by atomic mass is 10.1. The molecule has 0 radical (unpaired) electrons. The van der Waals surface area contributed by atoms with Crippen molar-refractivity contribution in [1.29, 1.82) is 0 Å². The molecule has 0 spiro atoms. The van der Waals surface area contributed by atoms with Crippen LogP contribution in [-0.4, -0.2) is 15.8 Å². The third-order valence-corrected chi connectivity index (χ3v) is 3.98. The van der Waals surface area contributed by atoms with E-state index in [0.29, 0.717) is 5.56 Å². The van der Waals surface area contributed by atoms with E-state index in [9.17, 15) is 4.79 Å². The SMILES string of the molecule is O=Cc1c(-c2cccnc2)n(-c2ccccc2)c2ccccc12. The lowest BCUT2D eigenvalue weighted by Crippen LogP contribution is -1.98. The maximum absolute atomic E-state index is 11.8. The number of fused-ring (bicyclic) bond motifs is 1. The maximum atomic E-state index is 11.8. The van der Waals surface area contributed by atoms with Crippen molar-refractivity contribution < 1.29 is 4.79 Å². The third kappa shape index (κ3) is 2.14. The van der Waals surface area contributed by atoms with Crippen molar-refractivity contribution in [1.82, 2.24) is 9.55 Å². The molecule has 4 rings (SSSR count). The van der Waals surface area contributed by atoms with Gasteiger partial charge in [0.25, 0.3) is 0 Å². The van der Waals surface area contributed by atoms with Gasteiger partial charge in [0.05, 0.1) is 11.2 Å². The minimum Gasteiger partial charge on any atom is -0.308 e. The summed E-state index contributed by atoms with van der Waals surface area (Å²) in [7, 11) is 0. The summed E-state index contributed by atoms with van der Waals surface area (Å²) in [5, 5.41) is 0.949. The molecule has 4 aromatic rings. The minimum absolute atomic E-state index is 0.692. The summed E-state index contributed by atoms with van der Waals surface area (Å²) in [6, 6.07) is 21.9. The van der Waals surface area contributed by atoms with Crippen LogP contribution in [0.2, 0.25) is 0 Å². The van der Waals surface area contributed by atoms with E-state index < -0.39 is 0 Å². The van der Waals surface area contributed by atoms with Crippen molar-refractivity contribution in [3.63, 3.8) is 0 Å². The number of nitrogens with zero attached hydrogens (tertiary/aromatic N) is 2. The number of aldehydes is 1. The fourth-order valence-corrected chi connectivity index (χ4v) is 3.02. The summed E-state index contributed by atoms with van der Waals surface area (Å²) in [6.07, 6.45) is 4.46. The summed E-state index contributed by atoms with van der Waals surface area (Å²) in [6.45, 7) is 0. The molecule has 2 aromatic heterocycles. The molecule has 0 saturated heterocycles. The Kier molecular flexibility index (Phi) is 3.24. The second-order valence-corrected chi connectivity index (χ2v) is 5.31. The van der Waals surface area contributed by atoms with E-state index in [1.165, 1.54) is 0 Å². The van der Waals surface area contributed by atoms with Gasteiger partial charge in [0.1, 0.15) is 0 Å². The third-order valence-electron chi connectivity index (χ3n) is 3.98. The average Bonchev–Trinajstić information content (AvgIpc) is 2.97. The largest absolute Gasteiger partial charge is 0.308 e. The van der Waals surface area contributed by atoms with Crippen molar-refractivity contribution in [2.75, 3.05) is 0 Å². The molecule has 3 nitrogen and oxygen atoms in total. The van der Waals surface area contributed by atoms with Gasteiger partial charge < -0.3 is 4.57 Å². The standard InChI is InChI=1S/C20H14N2O/c23-14-18-17-10-4-5-11-19(17)22(16-8-2-1-3-9-16)20(18)15-7-6-12-21-13-15/h1-14H. The van der Waals surface area contributed by atoms with E-state index in [2.05, 4.69) is 9.55 Å². The Morgan fingerprint density at radius 1 is 0.870 bits per heavy atom. The molecule has 2 heterocycles. The Hall–Kier alpha value is -3.20. The lowest BCUT2D eigenvalue weighted by Gasteiger charge is -2.11. The van der Waals surface area contributed by atoms with E-state index in [4.69, 9.17) is 0 Å². The Balaban J connectivity index is 2.17. The van der Waals surface area contributed by atoms with Crippen LogP contribution in [0.25, 0.3) is 27.8 Å². The highest BCUT2D eigenvalue weighted by Crippen LogP contribution is 2.35. The second kappa shape index (κ2) is 5.54. The number of hydrogen-bond donors (Lipinski definition) is 0. The first-order chi connectivity index (χ1) is 11.4. The summed E-state index contributed by atoms with van der Waals surface area (Å²) < 4.78 is 2.12. The lowest BCUT2D eigenvalue weighted by molar-refractivity contribution is 0.112. The topological polar surface area (TPSA) is 34.9 Å². The Bertz CT molecular complexity index is 973. The Labute approximate surface area is 133 Å². The van der Waals surface area contributed by atoms with Gasteiger partial charge in [-0.15, -0.1) is 0 Å². The van der Waals surface area contributed by atoms with Gasteiger partial charge in [-0.05, 0) is 30.3 Å². The summed E-state index contributed by atoms with van der Waals surface area (Å²) in [5.41, 5.74) is 4.53. The number of benzene rings is 2. The molecule has 0 unspecified atom stereocenters. The van der Waals surface area contributed by atoms with E-state index >= 15 is 0 Å².